The average Bonchev–Trinajstić information content (AvgIpc) is 3.95. The monoisotopic (exact) mass is 679 g/mol. The minimum absolute atomic E-state index is 0.0131. The van der Waals surface area contributed by atoms with Crippen molar-refractivity contribution in [3.8, 4) is 55.8 Å². The second kappa shape index (κ2) is 11.7. The van der Waals surface area contributed by atoms with Gasteiger partial charge in [-0.1, -0.05) is 133 Å². The van der Waals surface area contributed by atoms with Gasteiger partial charge in [-0.05, 0) is 74.8 Å². The van der Waals surface area contributed by atoms with Gasteiger partial charge in [0.25, 0.3) is 0 Å². The number of rotatable bonds is 5. The van der Waals surface area contributed by atoms with Gasteiger partial charge in [0.1, 0.15) is 23.1 Å². The van der Waals surface area contributed by atoms with Crippen LogP contribution in [0.4, 0.5) is 0 Å². The Morgan fingerprint density at radius 3 is 2.10 bits per heavy atom. The molecule has 0 unspecified atom stereocenters. The lowest BCUT2D eigenvalue weighted by atomic mass is 9.96. The summed E-state index contributed by atoms with van der Waals surface area (Å²) in [5, 5.41) is -0.0277. The molecule has 3 heterocycles. The first kappa shape index (κ1) is 13.9. The molecule has 3 nitrogen and oxygen atoms in total. The molecule has 0 bridgehead atoms. The topological polar surface area (TPSA) is 38.9 Å². The maximum Gasteiger partial charge on any atom is 0.180 e. The first-order valence-electron chi connectivity index (χ1n) is 26.3. The predicted octanol–water partition coefficient (Wildman–Crippen LogP) is 13.1. The molecule has 0 spiro atoms. The molecule has 50 heavy (non-hydrogen) atoms. The van der Waals surface area contributed by atoms with E-state index in [4.69, 9.17) is 33.2 Å². The maximum atomic E-state index is 9.56. The van der Waals surface area contributed by atoms with Crippen LogP contribution in [0.1, 0.15) is 31.5 Å². The Morgan fingerprint density at radius 2 is 1.20 bits per heavy atom. The Labute approximate surface area is 325 Å². The van der Waals surface area contributed by atoms with Crippen molar-refractivity contribution >= 4 is 53.6 Å². The number of hydrogen-bond acceptors (Lipinski definition) is 4. The van der Waals surface area contributed by atoms with E-state index in [0.717, 1.165) is 23.7 Å². The summed E-state index contributed by atoms with van der Waals surface area (Å²) in [6.45, 7) is 0. The van der Waals surface area contributed by atoms with Crippen LogP contribution in [0.3, 0.4) is 0 Å². The Kier molecular flexibility index (Phi) is 3.23. The van der Waals surface area contributed by atoms with E-state index in [1.165, 1.54) is 18.2 Å². The van der Waals surface area contributed by atoms with Crippen LogP contribution in [0, 0.1) is 0 Å². The standard InChI is InChI=1S/C46H28N2OS/c1-2-9-29(10-3-1)30-19-21-31(22-20-30)34-23-24-41-40(27-34)44-45(49-41)43(47-28-48-44)36-14-7-12-33(26-36)32-11-6-13-35(25-32)37-16-8-17-39-38-15-4-5-18-42(38)50-46(37)39/h1-28H/i1D,2D,3D,4D,5D,7D,8D,9D,10D,11D,12D,13D,14D,15D,16D,17D,18D,19D,20D,21D,22D,25D,26D. The highest BCUT2D eigenvalue weighted by molar-refractivity contribution is 7.26. The maximum absolute atomic E-state index is 9.56. The molecule has 7 aromatic carbocycles. The molecular formula is C46H28N2OS. The smallest absolute Gasteiger partial charge is 0.180 e. The Bertz CT molecular complexity index is 4150. The highest BCUT2D eigenvalue weighted by Gasteiger charge is 2.17. The highest BCUT2D eigenvalue weighted by Crippen LogP contribution is 2.41. The van der Waals surface area contributed by atoms with E-state index in [2.05, 4.69) is 9.97 Å². The Hall–Kier alpha value is -6.36. The zero-order chi connectivity index (χ0) is 53.0. The number of fused-ring (bicyclic) bond motifs is 6. The third-order valence-corrected chi connectivity index (χ3v) is 9.02. The summed E-state index contributed by atoms with van der Waals surface area (Å²) in [5.74, 6) is 0. The number of thiophene rings is 1. The quantitative estimate of drug-likeness (QED) is 0.182. The van der Waals surface area contributed by atoms with Crippen LogP contribution in [0.2, 0.25) is 0 Å². The lowest BCUT2D eigenvalue weighted by Crippen LogP contribution is -1.88. The number of furan rings is 1. The van der Waals surface area contributed by atoms with Gasteiger partial charge >= 0.3 is 0 Å². The molecule has 0 saturated carbocycles. The fraction of sp³-hybridized carbons (Fsp3) is 0. The summed E-state index contributed by atoms with van der Waals surface area (Å²) >= 11 is 0.758. The third-order valence-electron chi connectivity index (χ3n) is 7.90. The second-order valence-electron chi connectivity index (χ2n) is 10.8. The highest BCUT2D eigenvalue weighted by atomic mass is 32.1. The largest absolute Gasteiger partial charge is 0.452 e. The molecule has 4 heteroatoms. The molecule has 0 aliphatic carbocycles. The van der Waals surface area contributed by atoms with Gasteiger partial charge in [0.2, 0.25) is 0 Å². The van der Waals surface area contributed by atoms with E-state index >= 15 is 0 Å². The summed E-state index contributed by atoms with van der Waals surface area (Å²) in [5.41, 5.74) is -3.52. The van der Waals surface area contributed by atoms with Gasteiger partial charge in [-0.15, -0.1) is 11.3 Å². The molecule has 0 saturated heterocycles. The Balaban J connectivity index is 1.17. The van der Waals surface area contributed by atoms with Crippen molar-refractivity contribution in [2.75, 3.05) is 0 Å². The molecule has 234 valence electrons. The summed E-state index contributed by atoms with van der Waals surface area (Å²) in [6, 6.07) is -9.72. The zero-order valence-corrected chi connectivity index (χ0v) is 25.9. The van der Waals surface area contributed by atoms with Crippen LogP contribution in [0.5, 0.6) is 0 Å². The summed E-state index contributed by atoms with van der Waals surface area (Å²) in [7, 11) is 0. The minimum atomic E-state index is -0.778. The van der Waals surface area contributed by atoms with E-state index < -0.39 is 172 Å². The van der Waals surface area contributed by atoms with Crippen molar-refractivity contribution in [1.29, 1.82) is 0 Å². The molecule has 0 atom stereocenters. The molecule has 0 aliphatic rings. The van der Waals surface area contributed by atoms with E-state index in [9.17, 15) is 2.74 Å². The van der Waals surface area contributed by atoms with Crippen molar-refractivity contribution in [3.05, 3.63) is 170 Å². The molecule has 10 aromatic rings. The fourth-order valence-electron chi connectivity index (χ4n) is 5.61. The van der Waals surface area contributed by atoms with Crippen LogP contribution in [-0.4, -0.2) is 9.97 Å². The lowest BCUT2D eigenvalue weighted by Gasteiger charge is -2.09. The average molecular weight is 680 g/mol. The van der Waals surface area contributed by atoms with Gasteiger partial charge in [0.05, 0.1) is 31.5 Å². The van der Waals surface area contributed by atoms with Crippen LogP contribution in [0.15, 0.2) is 174 Å². The molecule has 10 rings (SSSR count). The van der Waals surface area contributed by atoms with E-state index in [-0.39, 0.29) is 64.6 Å². The molecule has 0 aliphatic heterocycles. The normalized spacial score (nSPS) is 18.0. The van der Waals surface area contributed by atoms with Crippen LogP contribution < -0.4 is 0 Å². The summed E-state index contributed by atoms with van der Waals surface area (Å²) in [6.07, 6.45) is 1.05. The summed E-state index contributed by atoms with van der Waals surface area (Å²) in [4.78, 5) is 8.70. The van der Waals surface area contributed by atoms with Gasteiger partial charge in [0.15, 0.2) is 5.58 Å². The van der Waals surface area contributed by atoms with Gasteiger partial charge in [-0.3, -0.25) is 0 Å². The first-order chi connectivity index (χ1) is 34.3. The number of hydrogen-bond donors (Lipinski definition) is 0. The molecule has 0 N–H and O–H groups in total. The molecule has 3 aromatic heterocycles. The van der Waals surface area contributed by atoms with Crippen LogP contribution >= 0.6 is 11.3 Å². The van der Waals surface area contributed by atoms with Crippen molar-refractivity contribution in [1.82, 2.24) is 9.97 Å². The molecule has 0 radical (unpaired) electrons. The zero-order valence-electron chi connectivity index (χ0n) is 48.1. The Morgan fingerprint density at radius 1 is 0.520 bits per heavy atom. The van der Waals surface area contributed by atoms with Crippen molar-refractivity contribution in [2.45, 2.75) is 0 Å². The van der Waals surface area contributed by atoms with Crippen LogP contribution in [-0.2, 0) is 0 Å². The third kappa shape index (κ3) is 4.80. The SMILES string of the molecule is [2H]c1cc([2H])c(-c2c([2H])c([2H])c([2H])c3c2sc2c([2H])c([2H])c([2H])c([2H])c23)c([2H])c1-c1c([2H])c([2H])c([2H])c(-c2ncnc3c2oc2ccc(-c4c([2H])c([2H])c(-c5c([2H])c([2H])c([2H])c([2H])c5[2H])c([2H])c4[2H])cc23)c1[2H]. The van der Waals surface area contributed by atoms with Crippen LogP contribution in [0.25, 0.3) is 98.0 Å². The molecular weight excluding hydrogens is 629 g/mol. The van der Waals surface area contributed by atoms with Crippen molar-refractivity contribution in [2.24, 2.45) is 0 Å². The lowest BCUT2D eigenvalue weighted by molar-refractivity contribution is 0.667. The van der Waals surface area contributed by atoms with Crippen molar-refractivity contribution in [3.63, 3.8) is 0 Å². The van der Waals surface area contributed by atoms with E-state index in [1.54, 1.807) is 0 Å². The second-order valence-corrected chi connectivity index (χ2v) is 11.8. The molecule has 0 fully saturated rings. The number of benzene rings is 7. The van der Waals surface area contributed by atoms with Gasteiger partial charge in [-0.2, -0.15) is 0 Å². The van der Waals surface area contributed by atoms with Gasteiger partial charge < -0.3 is 4.42 Å². The summed E-state index contributed by atoms with van der Waals surface area (Å²) < 4.78 is 207. The fourth-order valence-corrected chi connectivity index (χ4v) is 6.68. The number of aromatic nitrogens is 2. The van der Waals surface area contributed by atoms with E-state index in [1.807, 2.05) is 0 Å². The van der Waals surface area contributed by atoms with Crippen molar-refractivity contribution < 1.29 is 35.9 Å². The predicted molar refractivity (Wildman–Crippen MR) is 209 cm³/mol. The molecule has 0 amide bonds. The van der Waals surface area contributed by atoms with Gasteiger partial charge in [0, 0.05) is 31.1 Å². The van der Waals surface area contributed by atoms with Gasteiger partial charge in [-0.25, -0.2) is 9.97 Å². The van der Waals surface area contributed by atoms with E-state index in [0.29, 0.717) is 0 Å². The first-order valence-corrected chi connectivity index (χ1v) is 15.7. The minimum Gasteiger partial charge on any atom is -0.452 e. The number of nitrogens with zero attached hydrogens (tertiary/aromatic N) is 2.